The summed E-state index contributed by atoms with van der Waals surface area (Å²) in [6, 6.07) is 4.58. The predicted molar refractivity (Wildman–Crippen MR) is 193 cm³/mol. The molecule has 1 N–H and O–H groups in total. The Balaban J connectivity index is 1.73. The van der Waals surface area contributed by atoms with Crippen molar-refractivity contribution in [1.29, 1.82) is 0 Å². The van der Waals surface area contributed by atoms with Crippen LogP contribution in [0.25, 0.3) is 0 Å². The Hall–Kier alpha value is -5.05. The maximum atomic E-state index is 14.8. The van der Waals surface area contributed by atoms with E-state index in [0.717, 1.165) is 22.8 Å². The number of halogens is 3. The zero-order chi connectivity index (χ0) is 38.7. The first-order valence-corrected chi connectivity index (χ1v) is 17.1. The summed E-state index contributed by atoms with van der Waals surface area (Å²) in [6.07, 6.45) is 6.46. The number of likely N-dealkylation sites (N-methyl/N-ethyl adjacent to an activating group) is 1. The number of pyridine rings is 1. The van der Waals surface area contributed by atoms with E-state index in [1.165, 1.54) is 18.1 Å². The number of hydrogen-bond acceptors (Lipinski definition) is 6. The van der Waals surface area contributed by atoms with Crippen molar-refractivity contribution in [2.75, 3.05) is 25.1 Å². The highest BCUT2D eigenvalue weighted by Crippen LogP contribution is 2.40. The van der Waals surface area contributed by atoms with E-state index in [1.54, 1.807) is 38.7 Å². The first-order chi connectivity index (χ1) is 24.3. The van der Waals surface area contributed by atoms with Gasteiger partial charge < -0.3 is 19.7 Å². The first kappa shape index (κ1) is 39.7. The van der Waals surface area contributed by atoms with Gasteiger partial charge in [0, 0.05) is 44.1 Å². The molecule has 0 aliphatic carbocycles. The van der Waals surface area contributed by atoms with Gasteiger partial charge in [-0.15, -0.1) is 6.42 Å². The molecule has 2 heterocycles. The van der Waals surface area contributed by atoms with E-state index in [9.17, 15) is 27.6 Å². The molecule has 0 saturated heterocycles. The van der Waals surface area contributed by atoms with E-state index >= 15 is 0 Å². The molecule has 4 rings (SSSR count). The lowest BCUT2D eigenvalue weighted by Gasteiger charge is -2.32. The SMILES string of the molecule is C#CCOc1cc(C)c(C[C@H](NC(=O)[C@H](CC)N(C)C(=O)OC(C)(C)C)C(=O)N2CC(C)(C)c3ncc(Cc4cc(F)c(F)cc4F)cc32)c(C)c1. The number of amides is 3. The Bertz CT molecular complexity index is 1880. The molecule has 0 radical (unpaired) electrons. The van der Waals surface area contributed by atoms with Crippen molar-refractivity contribution in [3.05, 3.63) is 87.5 Å². The summed E-state index contributed by atoms with van der Waals surface area (Å²) >= 11 is 0. The second-order valence-electron chi connectivity index (χ2n) is 14.9. The van der Waals surface area contributed by atoms with Crippen molar-refractivity contribution in [3.63, 3.8) is 0 Å². The highest BCUT2D eigenvalue weighted by molar-refractivity contribution is 6.02. The number of carbonyl (C=O) groups is 3. The molecule has 9 nitrogen and oxygen atoms in total. The standard InChI is InChI=1S/C40H47F3N4O5/c1-11-13-51-27-14-23(3)28(24(4)15-27)19-32(45-36(48)33(12-2)46(10)38(50)52-39(5,6)7)37(49)47-22-40(8,9)35-34(47)17-25(21-44-35)16-26-18-30(42)31(43)20-29(26)41/h1,14-15,17-18,20-21,32-33H,12-13,16,19,22H2,2-10H3,(H,45,48)/t32-,33-/m0/s1. The molecule has 0 bridgehead atoms. The van der Waals surface area contributed by atoms with Crippen LogP contribution in [0.1, 0.15) is 81.5 Å². The van der Waals surface area contributed by atoms with E-state index in [-0.39, 0.29) is 38.0 Å². The van der Waals surface area contributed by atoms with Gasteiger partial charge in [-0.2, -0.15) is 0 Å². The second kappa shape index (κ2) is 15.7. The fourth-order valence-electron chi connectivity index (χ4n) is 6.43. The largest absolute Gasteiger partial charge is 0.481 e. The third-order valence-electron chi connectivity index (χ3n) is 9.01. The summed E-state index contributed by atoms with van der Waals surface area (Å²) in [5.74, 6) is -1.33. The average molecular weight is 721 g/mol. The lowest BCUT2D eigenvalue weighted by molar-refractivity contribution is -0.130. The fourth-order valence-corrected chi connectivity index (χ4v) is 6.43. The molecule has 2 atom stereocenters. The van der Waals surface area contributed by atoms with Gasteiger partial charge in [0.25, 0.3) is 0 Å². The lowest BCUT2D eigenvalue weighted by atomic mass is 9.91. The van der Waals surface area contributed by atoms with Crippen LogP contribution in [0.4, 0.5) is 23.7 Å². The molecular formula is C40H47F3N4O5. The molecule has 12 heteroatoms. The number of nitrogens with zero attached hydrogens (tertiary/aromatic N) is 3. The maximum Gasteiger partial charge on any atom is 0.410 e. The Morgan fingerprint density at radius 2 is 1.69 bits per heavy atom. The van der Waals surface area contributed by atoms with Crippen molar-refractivity contribution in [1.82, 2.24) is 15.2 Å². The topological polar surface area (TPSA) is 101 Å². The lowest BCUT2D eigenvalue weighted by Crippen LogP contribution is -2.56. The maximum absolute atomic E-state index is 14.8. The van der Waals surface area contributed by atoms with Crippen LogP contribution in [0.15, 0.2) is 36.5 Å². The number of anilines is 1. The smallest absolute Gasteiger partial charge is 0.410 e. The normalized spacial score (nSPS) is 14.6. The van der Waals surface area contributed by atoms with Crippen molar-refractivity contribution < 1.29 is 37.0 Å². The van der Waals surface area contributed by atoms with Crippen LogP contribution in [0.5, 0.6) is 5.75 Å². The number of hydrogen-bond donors (Lipinski definition) is 1. The van der Waals surface area contributed by atoms with E-state index in [4.69, 9.17) is 15.9 Å². The van der Waals surface area contributed by atoms with Crippen LogP contribution in [-0.2, 0) is 32.6 Å². The Kier molecular flexibility index (Phi) is 12.0. The second-order valence-corrected chi connectivity index (χ2v) is 14.9. The van der Waals surface area contributed by atoms with Crippen molar-refractivity contribution in [3.8, 4) is 18.1 Å². The molecule has 3 aromatic rings. The zero-order valence-electron chi connectivity index (χ0n) is 31.2. The van der Waals surface area contributed by atoms with Crippen LogP contribution in [-0.4, -0.2) is 65.7 Å². The molecule has 0 unspecified atom stereocenters. The number of aromatic nitrogens is 1. The van der Waals surface area contributed by atoms with Crippen LogP contribution in [0, 0.1) is 43.6 Å². The van der Waals surface area contributed by atoms with Crippen molar-refractivity contribution in [2.24, 2.45) is 0 Å². The first-order valence-electron chi connectivity index (χ1n) is 17.1. The Morgan fingerprint density at radius 1 is 1.06 bits per heavy atom. The molecule has 1 aliphatic heterocycles. The number of carbonyl (C=O) groups excluding carboxylic acids is 3. The predicted octanol–water partition coefficient (Wildman–Crippen LogP) is 6.72. The number of terminal acetylenes is 1. The van der Waals surface area contributed by atoms with Gasteiger partial charge in [-0.25, -0.2) is 18.0 Å². The van der Waals surface area contributed by atoms with E-state index in [1.807, 2.05) is 39.8 Å². The highest BCUT2D eigenvalue weighted by atomic mass is 19.2. The molecule has 1 aromatic heterocycles. The van der Waals surface area contributed by atoms with Gasteiger partial charge in [0.1, 0.15) is 35.9 Å². The summed E-state index contributed by atoms with van der Waals surface area (Å²) in [6.45, 7) is 14.9. The Labute approximate surface area is 303 Å². The number of benzene rings is 2. The van der Waals surface area contributed by atoms with E-state index in [0.29, 0.717) is 28.8 Å². The molecule has 2 aromatic carbocycles. The molecule has 0 saturated carbocycles. The van der Waals surface area contributed by atoms with Crippen LogP contribution < -0.4 is 15.0 Å². The van der Waals surface area contributed by atoms with Gasteiger partial charge in [-0.3, -0.25) is 19.5 Å². The molecule has 278 valence electrons. The van der Waals surface area contributed by atoms with Crippen LogP contribution >= 0.6 is 0 Å². The van der Waals surface area contributed by atoms with E-state index < -0.39 is 58.5 Å². The summed E-state index contributed by atoms with van der Waals surface area (Å²) in [5.41, 5.74) is 2.52. The summed E-state index contributed by atoms with van der Waals surface area (Å²) in [7, 11) is 1.48. The van der Waals surface area contributed by atoms with E-state index in [2.05, 4.69) is 16.2 Å². The molecular weight excluding hydrogens is 673 g/mol. The molecule has 1 aliphatic rings. The zero-order valence-corrected chi connectivity index (χ0v) is 31.2. The van der Waals surface area contributed by atoms with Crippen molar-refractivity contribution >= 4 is 23.6 Å². The number of fused-ring (bicyclic) bond motifs is 1. The molecule has 3 amide bonds. The van der Waals surface area contributed by atoms with Gasteiger partial charge >= 0.3 is 6.09 Å². The van der Waals surface area contributed by atoms with Gasteiger partial charge in [-0.05, 0) is 93.1 Å². The van der Waals surface area contributed by atoms with Crippen LogP contribution in [0.2, 0.25) is 0 Å². The number of rotatable bonds is 11. The minimum absolute atomic E-state index is 0.0683. The summed E-state index contributed by atoms with van der Waals surface area (Å²) in [4.78, 5) is 49.1. The van der Waals surface area contributed by atoms with Gasteiger partial charge in [0.2, 0.25) is 11.8 Å². The number of nitrogens with one attached hydrogen (secondary N) is 1. The minimum Gasteiger partial charge on any atom is -0.481 e. The van der Waals surface area contributed by atoms with Gasteiger partial charge in [0.15, 0.2) is 11.6 Å². The number of ether oxygens (including phenoxy) is 2. The van der Waals surface area contributed by atoms with Gasteiger partial charge in [-0.1, -0.05) is 26.7 Å². The summed E-state index contributed by atoms with van der Waals surface area (Å²) in [5, 5.41) is 2.94. The highest BCUT2D eigenvalue weighted by Gasteiger charge is 2.42. The fraction of sp³-hybridized carbons (Fsp3) is 0.450. The summed E-state index contributed by atoms with van der Waals surface area (Å²) < 4.78 is 53.4. The Morgan fingerprint density at radius 3 is 2.29 bits per heavy atom. The average Bonchev–Trinajstić information content (AvgIpc) is 3.32. The number of aryl methyl sites for hydroxylation is 2. The molecule has 0 spiro atoms. The third-order valence-corrected chi connectivity index (χ3v) is 9.01. The van der Waals surface area contributed by atoms with Crippen LogP contribution in [0.3, 0.4) is 0 Å². The monoisotopic (exact) mass is 720 g/mol. The quantitative estimate of drug-likeness (QED) is 0.175. The third kappa shape index (κ3) is 9.05. The molecule has 52 heavy (non-hydrogen) atoms. The molecule has 0 fully saturated rings. The van der Waals surface area contributed by atoms with Gasteiger partial charge in [0.05, 0.1) is 11.4 Å². The minimum atomic E-state index is -1.29. The van der Waals surface area contributed by atoms with Crippen molar-refractivity contribution in [2.45, 2.75) is 97.8 Å².